The zero-order chi connectivity index (χ0) is 21.8. The van der Waals surface area contributed by atoms with Gasteiger partial charge in [0, 0.05) is 41.1 Å². The molecule has 0 aliphatic rings. The fourth-order valence-corrected chi connectivity index (χ4v) is 4.10. The quantitative estimate of drug-likeness (QED) is 0.299. The first-order valence-electron chi connectivity index (χ1n) is 9.99. The standard InChI is InChI=1S/C23H25N3O4S/c1-31(28,29)26-17-6-4-5-16(13-17)23(27)15-24-11-12-30-18-9-10-20-19-7-2-3-8-21(19)25-22(20)14-18/h2-10,13-14,23-27H,11-12,15H2,1H3/t23-/m0/s1. The minimum Gasteiger partial charge on any atom is -0.492 e. The molecule has 4 aromatic rings. The minimum atomic E-state index is -3.36. The summed E-state index contributed by atoms with van der Waals surface area (Å²) in [5, 5.41) is 15.9. The predicted octanol–water partition coefficient (Wildman–Crippen LogP) is 3.39. The van der Waals surface area contributed by atoms with E-state index in [-0.39, 0.29) is 0 Å². The summed E-state index contributed by atoms with van der Waals surface area (Å²) in [7, 11) is -3.36. The van der Waals surface area contributed by atoms with Crippen molar-refractivity contribution in [1.29, 1.82) is 0 Å². The third kappa shape index (κ3) is 5.35. The molecule has 0 fully saturated rings. The van der Waals surface area contributed by atoms with Crippen molar-refractivity contribution < 1.29 is 18.3 Å². The molecule has 4 rings (SSSR count). The molecule has 0 saturated heterocycles. The first-order valence-corrected chi connectivity index (χ1v) is 11.9. The summed E-state index contributed by atoms with van der Waals surface area (Å²) in [6.45, 7) is 1.34. The average Bonchev–Trinajstić information content (AvgIpc) is 3.10. The van der Waals surface area contributed by atoms with Crippen LogP contribution in [0.3, 0.4) is 0 Å². The number of anilines is 1. The zero-order valence-electron chi connectivity index (χ0n) is 17.1. The van der Waals surface area contributed by atoms with Gasteiger partial charge in [-0.15, -0.1) is 0 Å². The van der Waals surface area contributed by atoms with E-state index >= 15 is 0 Å². The van der Waals surface area contributed by atoms with Crippen LogP contribution in [0.4, 0.5) is 5.69 Å². The molecule has 7 nitrogen and oxygen atoms in total. The van der Waals surface area contributed by atoms with Gasteiger partial charge in [0.1, 0.15) is 12.4 Å². The van der Waals surface area contributed by atoms with E-state index in [4.69, 9.17) is 4.74 Å². The van der Waals surface area contributed by atoms with Crippen LogP contribution in [-0.4, -0.2) is 44.5 Å². The molecule has 8 heteroatoms. The van der Waals surface area contributed by atoms with Crippen molar-refractivity contribution in [3.63, 3.8) is 0 Å². The highest BCUT2D eigenvalue weighted by Crippen LogP contribution is 2.28. The molecule has 3 aromatic carbocycles. The second-order valence-corrected chi connectivity index (χ2v) is 9.19. The molecule has 31 heavy (non-hydrogen) atoms. The molecular weight excluding hydrogens is 414 g/mol. The van der Waals surface area contributed by atoms with Crippen LogP contribution in [0, 0.1) is 0 Å². The molecule has 162 valence electrons. The Morgan fingerprint density at radius 1 is 1.00 bits per heavy atom. The van der Waals surface area contributed by atoms with Crippen LogP contribution >= 0.6 is 0 Å². The Morgan fingerprint density at radius 2 is 1.81 bits per heavy atom. The number of hydrogen-bond donors (Lipinski definition) is 4. The van der Waals surface area contributed by atoms with Crippen LogP contribution in [0.2, 0.25) is 0 Å². The number of sulfonamides is 1. The molecule has 1 atom stereocenters. The van der Waals surface area contributed by atoms with Gasteiger partial charge in [-0.1, -0.05) is 30.3 Å². The van der Waals surface area contributed by atoms with Crippen molar-refractivity contribution in [2.24, 2.45) is 0 Å². The first-order chi connectivity index (χ1) is 14.9. The molecule has 0 aliphatic carbocycles. The number of aliphatic hydroxyl groups is 1. The van der Waals surface area contributed by atoms with Gasteiger partial charge in [-0.2, -0.15) is 0 Å². The highest BCUT2D eigenvalue weighted by molar-refractivity contribution is 7.92. The fourth-order valence-electron chi connectivity index (χ4n) is 3.54. The van der Waals surface area contributed by atoms with Crippen LogP contribution in [0.15, 0.2) is 66.7 Å². The highest BCUT2D eigenvalue weighted by atomic mass is 32.2. The number of aromatic amines is 1. The maximum absolute atomic E-state index is 11.4. The van der Waals surface area contributed by atoms with Crippen molar-refractivity contribution in [3.05, 3.63) is 72.3 Å². The lowest BCUT2D eigenvalue weighted by Crippen LogP contribution is -2.26. The average molecular weight is 440 g/mol. The molecular formula is C23H25N3O4S. The fraction of sp³-hybridized carbons (Fsp3) is 0.217. The topological polar surface area (TPSA) is 103 Å². The van der Waals surface area contributed by atoms with E-state index in [0.717, 1.165) is 28.4 Å². The third-order valence-corrected chi connectivity index (χ3v) is 5.54. The number of rotatable bonds is 9. The van der Waals surface area contributed by atoms with Crippen LogP contribution < -0.4 is 14.8 Å². The molecule has 1 aromatic heterocycles. The predicted molar refractivity (Wildman–Crippen MR) is 124 cm³/mol. The summed E-state index contributed by atoms with van der Waals surface area (Å²) in [5.74, 6) is 0.779. The van der Waals surface area contributed by atoms with Gasteiger partial charge in [0.2, 0.25) is 10.0 Å². The maximum Gasteiger partial charge on any atom is 0.229 e. The Morgan fingerprint density at radius 3 is 2.65 bits per heavy atom. The lowest BCUT2D eigenvalue weighted by atomic mass is 10.1. The number of benzene rings is 3. The smallest absolute Gasteiger partial charge is 0.229 e. The van der Waals surface area contributed by atoms with E-state index in [0.29, 0.717) is 30.9 Å². The number of nitrogens with one attached hydrogen (secondary N) is 3. The summed E-state index contributed by atoms with van der Waals surface area (Å²) in [6, 6.07) is 20.9. The van der Waals surface area contributed by atoms with Gasteiger partial charge in [0.15, 0.2) is 0 Å². The Kier molecular flexibility index (Phi) is 6.13. The summed E-state index contributed by atoms with van der Waals surface area (Å²) >= 11 is 0. The third-order valence-electron chi connectivity index (χ3n) is 4.94. The van der Waals surface area contributed by atoms with E-state index < -0.39 is 16.1 Å². The van der Waals surface area contributed by atoms with E-state index in [1.807, 2.05) is 24.3 Å². The van der Waals surface area contributed by atoms with Gasteiger partial charge >= 0.3 is 0 Å². The van der Waals surface area contributed by atoms with Crippen LogP contribution in [0.1, 0.15) is 11.7 Å². The number of aliphatic hydroxyl groups excluding tert-OH is 1. The van der Waals surface area contributed by atoms with E-state index in [2.05, 4.69) is 33.2 Å². The van der Waals surface area contributed by atoms with Crippen molar-refractivity contribution in [2.45, 2.75) is 6.10 Å². The number of H-pyrrole nitrogens is 1. The number of aromatic nitrogens is 1. The second kappa shape index (κ2) is 8.97. The summed E-state index contributed by atoms with van der Waals surface area (Å²) in [6.07, 6.45) is 0.331. The molecule has 0 amide bonds. The Labute approximate surface area is 181 Å². The van der Waals surface area contributed by atoms with Gasteiger partial charge in [0.25, 0.3) is 0 Å². The van der Waals surface area contributed by atoms with E-state index in [1.54, 1.807) is 24.3 Å². The number of ether oxygens (including phenoxy) is 1. The monoisotopic (exact) mass is 439 g/mol. The molecule has 0 aliphatic heterocycles. The molecule has 0 spiro atoms. The summed E-state index contributed by atoms with van der Waals surface area (Å²) in [5.41, 5.74) is 3.19. The van der Waals surface area contributed by atoms with Gasteiger partial charge in [-0.25, -0.2) is 8.42 Å². The van der Waals surface area contributed by atoms with Crippen LogP contribution in [0.5, 0.6) is 5.75 Å². The van der Waals surface area contributed by atoms with Crippen LogP contribution in [0.25, 0.3) is 21.8 Å². The summed E-state index contributed by atoms with van der Waals surface area (Å²) < 4.78 is 31.0. The molecule has 0 saturated carbocycles. The number of hydrogen-bond acceptors (Lipinski definition) is 5. The van der Waals surface area contributed by atoms with Gasteiger partial charge in [-0.05, 0) is 35.9 Å². The summed E-state index contributed by atoms with van der Waals surface area (Å²) in [4.78, 5) is 3.40. The molecule has 0 radical (unpaired) electrons. The second-order valence-electron chi connectivity index (χ2n) is 7.45. The maximum atomic E-state index is 11.4. The Balaban J connectivity index is 1.27. The minimum absolute atomic E-state index is 0.326. The van der Waals surface area contributed by atoms with Crippen molar-refractivity contribution in [2.75, 3.05) is 30.7 Å². The van der Waals surface area contributed by atoms with Crippen molar-refractivity contribution >= 4 is 37.5 Å². The zero-order valence-corrected chi connectivity index (χ0v) is 17.9. The number of para-hydroxylation sites is 1. The largest absolute Gasteiger partial charge is 0.492 e. The van der Waals surface area contributed by atoms with E-state index in [9.17, 15) is 13.5 Å². The molecule has 4 N–H and O–H groups in total. The SMILES string of the molecule is CS(=O)(=O)Nc1cccc([C@@H](O)CNCCOc2ccc3c(c2)[nH]c2ccccc23)c1. The van der Waals surface area contributed by atoms with Crippen LogP contribution in [-0.2, 0) is 10.0 Å². The number of fused-ring (bicyclic) bond motifs is 3. The van der Waals surface area contributed by atoms with Gasteiger partial charge in [-0.3, -0.25) is 4.72 Å². The van der Waals surface area contributed by atoms with Gasteiger partial charge < -0.3 is 20.1 Å². The molecule has 1 heterocycles. The van der Waals surface area contributed by atoms with E-state index in [1.165, 1.54) is 5.39 Å². The molecule has 0 unspecified atom stereocenters. The molecule has 0 bridgehead atoms. The lowest BCUT2D eigenvalue weighted by Gasteiger charge is -2.14. The Bertz CT molecular complexity index is 1300. The van der Waals surface area contributed by atoms with Crippen molar-refractivity contribution in [1.82, 2.24) is 10.3 Å². The first kappa shape index (κ1) is 21.2. The Hall–Kier alpha value is -3.07. The van der Waals surface area contributed by atoms with Crippen molar-refractivity contribution in [3.8, 4) is 5.75 Å². The lowest BCUT2D eigenvalue weighted by molar-refractivity contribution is 0.172. The normalized spacial score (nSPS) is 12.8. The van der Waals surface area contributed by atoms with Gasteiger partial charge in [0.05, 0.1) is 17.9 Å². The highest BCUT2D eigenvalue weighted by Gasteiger charge is 2.10.